The standard InChI is InChI=1S/C21H19NO4/c1-14(23)19(21(24)25)11-15-6-8-18(9-7-15)26-13-16-10-17-4-2-3-5-20(17)22-12-16/h2-10,12,19H,11,13H2,1H3,(H,24,25). The van der Waals surface area contributed by atoms with Gasteiger partial charge in [-0.3, -0.25) is 14.6 Å². The third-order valence-electron chi connectivity index (χ3n) is 4.20. The van der Waals surface area contributed by atoms with Crippen LogP contribution in [0.3, 0.4) is 0 Å². The topological polar surface area (TPSA) is 76.5 Å². The molecule has 5 nitrogen and oxygen atoms in total. The minimum Gasteiger partial charge on any atom is -0.489 e. The zero-order chi connectivity index (χ0) is 18.5. The Morgan fingerprint density at radius 1 is 1.08 bits per heavy atom. The Labute approximate surface area is 151 Å². The molecule has 1 N–H and O–H groups in total. The number of aliphatic carboxylic acids is 1. The molecule has 0 aliphatic rings. The molecule has 0 saturated heterocycles. The van der Waals surface area contributed by atoms with Gasteiger partial charge in [0.15, 0.2) is 0 Å². The summed E-state index contributed by atoms with van der Waals surface area (Å²) in [4.78, 5) is 26.9. The summed E-state index contributed by atoms with van der Waals surface area (Å²) in [7, 11) is 0. The highest BCUT2D eigenvalue weighted by atomic mass is 16.5. The Kier molecular flexibility index (Phi) is 5.27. The first-order valence-electron chi connectivity index (χ1n) is 8.31. The van der Waals surface area contributed by atoms with Crippen molar-refractivity contribution in [3.05, 3.63) is 71.9 Å². The van der Waals surface area contributed by atoms with Gasteiger partial charge in [0.05, 0.1) is 5.52 Å². The van der Waals surface area contributed by atoms with Crippen molar-refractivity contribution in [1.82, 2.24) is 4.98 Å². The number of ketones is 1. The van der Waals surface area contributed by atoms with Crippen molar-refractivity contribution in [2.45, 2.75) is 20.0 Å². The van der Waals surface area contributed by atoms with Crippen LogP contribution in [0.15, 0.2) is 60.8 Å². The van der Waals surface area contributed by atoms with Gasteiger partial charge >= 0.3 is 5.97 Å². The monoisotopic (exact) mass is 349 g/mol. The highest BCUT2D eigenvalue weighted by Gasteiger charge is 2.22. The van der Waals surface area contributed by atoms with Crippen LogP contribution in [0.1, 0.15) is 18.1 Å². The molecule has 1 unspecified atom stereocenters. The normalized spacial score (nSPS) is 11.9. The second-order valence-electron chi connectivity index (χ2n) is 6.17. The summed E-state index contributed by atoms with van der Waals surface area (Å²) in [6.07, 6.45) is 1.97. The average molecular weight is 349 g/mol. The van der Waals surface area contributed by atoms with Crippen LogP contribution >= 0.6 is 0 Å². The maximum Gasteiger partial charge on any atom is 0.314 e. The zero-order valence-corrected chi connectivity index (χ0v) is 14.4. The van der Waals surface area contributed by atoms with E-state index in [2.05, 4.69) is 4.98 Å². The van der Waals surface area contributed by atoms with Gasteiger partial charge < -0.3 is 9.84 Å². The van der Waals surface area contributed by atoms with Crippen molar-refractivity contribution in [3.63, 3.8) is 0 Å². The molecule has 0 aliphatic heterocycles. The molecule has 0 amide bonds. The van der Waals surface area contributed by atoms with Gasteiger partial charge in [-0.15, -0.1) is 0 Å². The molecule has 2 aromatic carbocycles. The van der Waals surface area contributed by atoms with E-state index in [1.54, 1.807) is 30.5 Å². The van der Waals surface area contributed by atoms with E-state index >= 15 is 0 Å². The Hall–Kier alpha value is -3.21. The van der Waals surface area contributed by atoms with Gasteiger partial charge in [0.25, 0.3) is 0 Å². The van der Waals surface area contributed by atoms with Gasteiger partial charge in [0.1, 0.15) is 24.1 Å². The van der Waals surface area contributed by atoms with E-state index in [4.69, 9.17) is 9.84 Å². The van der Waals surface area contributed by atoms with Crippen molar-refractivity contribution in [2.75, 3.05) is 0 Å². The molecule has 0 radical (unpaired) electrons. The first-order valence-corrected chi connectivity index (χ1v) is 8.31. The second kappa shape index (κ2) is 7.78. The number of aromatic nitrogens is 1. The molecule has 0 aliphatic carbocycles. The van der Waals surface area contributed by atoms with Crippen molar-refractivity contribution in [3.8, 4) is 5.75 Å². The number of carbonyl (C=O) groups is 2. The molecule has 0 fully saturated rings. The Morgan fingerprint density at radius 2 is 1.81 bits per heavy atom. The van der Waals surface area contributed by atoms with Crippen LogP contribution in [0.2, 0.25) is 0 Å². The largest absolute Gasteiger partial charge is 0.489 e. The van der Waals surface area contributed by atoms with E-state index in [0.29, 0.717) is 12.4 Å². The van der Waals surface area contributed by atoms with Crippen molar-refractivity contribution < 1.29 is 19.4 Å². The van der Waals surface area contributed by atoms with Gasteiger partial charge in [-0.2, -0.15) is 0 Å². The summed E-state index contributed by atoms with van der Waals surface area (Å²) in [5, 5.41) is 10.2. The molecular formula is C21H19NO4. The minimum absolute atomic E-state index is 0.180. The summed E-state index contributed by atoms with van der Waals surface area (Å²) in [5.41, 5.74) is 2.70. The summed E-state index contributed by atoms with van der Waals surface area (Å²) < 4.78 is 5.77. The molecule has 3 rings (SSSR count). The molecule has 0 spiro atoms. The smallest absolute Gasteiger partial charge is 0.314 e. The van der Waals surface area contributed by atoms with Gasteiger partial charge in [0, 0.05) is 17.1 Å². The lowest BCUT2D eigenvalue weighted by Gasteiger charge is -2.10. The number of carbonyl (C=O) groups excluding carboxylic acids is 1. The van der Waals surface area contributed by atoms with Crippen LogP contribution < -0.4 is 4.74 Å². The lowest BCUT2D eigenvalue weighted by molar-refractivity contribution is -0.145. The number of carboxylic acid groups (broad SMARTS) is 1. The predicted octanol–water partition coefficient (Wildman–Crippen LogP) is 3.65. The third-order valence-corrected chi connectivity index (χ3v) is 4.20. The molecule has 3 aromatic rings. The van der Waals surface area contributed by atoms with Gasteiger partial charge in [-0.05, 0) is 43.2 Å². The van der Waals surface area contributed by atoms with Crippen molar-refractivity contribution in [2.24, 2.45) is 5.92 Å². The van der Waals surface area contributed by atoms with Crippen molar-refractivity contribution in [1.29, 1.82) is 0 Å². The van der Waals surface area contributed by atoms with Crippen LogP contribution in [0, 0.1) is 5.92 Å². The number of rotatable bonds is 7. The number of fused-ring (bicyclic) bond motifs is 1. The van der Waals surface area contributed by atoms with E-state index in [1.165, 1.54) is 6.92 Å². The van der Waals surface area contributed by atoms with E-state index < -0.39 is 11.9 Å². The summed E-state index contributed by atoms with van der Waals surface area (Å²) in [5.74, 6) is -1.77. The molecule has 1 atom stereocenters. The fraction of sp³-hybridized carbons (Fsp3) is 0.190. The molecule has 1 heterocycles. The zero-order valence-electron chi connectivity index (χ0n) is 14.4. The Morgan fingerprint density at radius 3 is 2.50 bits per heavy atom. The van der Waals surface area contributed by atoms with Crippen molar-refractivity contribution >= 4 is 22.7 Å². The molecule has 0 saturated carbocycles. The van der Waals surface area contributed by atoms with Crippen LogP contribution in [-0.4, -0.2) is 21.8 Å². The van der Waals surface area contributed by atoms with Crippen LogP contribution in [0.4, 0.5) is 0 Å². The fourth-order valence-electron chi connectivity index (χ4n) is 2.72. The molecule has 0 bridgehead atoms. The first-order chi connectivity index (χ1) is 12.5. The first kappa shape index (κ1) is 17.6. The molecule has 1 aromatic heterocycles. The predicted molar refractivity (Wildman–Crippen MR) is 98.0 cm³/mol. The van der Waals surface area contributed by atoms with Crippen LogP contribution in [0.5, 0.6) is 5.75 Å². The highest BCUT2D eigenvalue weighted by molar-refractivity contribution is 5.97. The van der Waals surface area contributed by atoms with E-state index in [9.17, 15) is 9.59 Å². The van der Waals surface area contributed by atoms with Gasteiger partial charge in [-0.25, -0.2) is 0 Å². The number of pyridine rings is 1. The van der Waals surface area contributed by atoms with Crippen LogP contribution in [-0.2, 0) is 22.6 Å². The van der Waals surface area contributed by atoms with E-state index in [-0.39, 0.29) is 12.2 Å². The Balaban J connectivity index is 1.63. The van der Waals surface area contributed by atoms with Gasteiger partial charge in [-0.1, -0.05) is 30.3 Å². The maximum absolute atomic E-state index is 11.4. The molecule has 132 valence electrons. The number of ether oxygens (including phenoxy) is 1. The third kappa shape index (κ3) is 4.25. The van der Waals surface area contributed by atoms with Gasteiger partial charge in [0.2, 0.25) is 0 Å². The molecular weight excluding hydrogens is 330 g/mol. The maximum atomic E-state index is 11.4. The molecule has 5 heteroatoms. The van der Waals surface area contributed by atoms with Crippen LogP contribution in [0.25, 0.3) is 10.9 Å². The number of hydrogen-bond acceptors (Lipinski definition) is 4. The van der Waals surface area contributed by atoms with E-state index in [0.717, 1.165) is 22.0 Å². The average Bonchev–Trinajstić information content (AvgIpc) is 2.64. The fourth-order valence-corrected chi connectivity index (χ4v) is 2.72. The SMILES string of the molecule is CC(=O)C(Cc1ccc(OCc2cnc3ccccc3c2)cc1)C(=O)O. The summed E-state index contributed by atoms with van der Waals surface area (Å²) >= 11 is 0. The number of nitrogens with zero attached hydrogens (tertiary/aromatic N) is 1. The number of Topliss-reactive ketones (excluding diaryl/α,β-unsaturated/α-hetero) is 1. The lowest BCUT2D eigenvalue weighted by Crippen LogP contribution is -2.23. The minimum atomic E-state index is -1.10. The highest BCUT2D eigenvalue weighted by Crippen LogP contribution is 2.18. The lowest BCUT2D eigenvalue weighted by atomic mass is 9.96. The number of hydrogen-bond donors (Lipinski definition) is 1. The Bertz CT molecular complexity index is 920. The summed E-state index contributed by atoms with van der Waals surface area (Å²) in [6.45, 7) is 1.69. The molecule has 26 heavy (non-hydrogen) atoms. The second-order valence-corrected chi connectivity index (χ2v) is 6.17. The quantitative estimate of drug-likeness (QED) is 0.659. The number of carboxylic acids is 1. The number of para-hydroxylation sites is 1. The number of benzene rings is 2. The summed E-state index contributed by atoms with van der Waals surface area (Å²) in [6, 6.07) is 17.1. The van der Waals surface area contributed by atoms with E-state index in [1.807, 2.05) is 30.3 Å².